The zero-order chi connectivity index (χ0) is 14.6. The molecule has 1 saturated heterocycles. The van der Waals surface area contributed by atoms with Crippen molar-refractivity contribution in [1.82, 2.24) is 5.32 Å². The minimum absolute atomic E-state index is 0.149. The van der Waals surface area contributed by atoms with Gasteiger partial charge >= 0.3 is 0 Å². The van der Waals surface area contributed by atoms with Crippen molar-refractivity contribution in [3.8, 4) is 5.75 Å². The van der Waals surface area contributed by atoms with Crippen LogP contribution in [-0.2, 0) is 4.74 Å². The smallest absolute Gasteiger partial charge is 0.119 e. The van der Waals surface area contributed by atoms with E-state index in [0.29, 0.717) is 5.92 Å². The van der Waals surface area contributed by atoms with Crippen LogP contribution in [0.2, 0.25) is 0 Å². The number of hydrogen-bond acceptors (Lipinski definition) is 3. The lowest BCUT2D eigenvalue weighted by Crippen LogP contribution is -2.41. The van der Waals surface area contributed by atoms with E-state index in [0.717, 1.165) is 25.3 Å². The fraction of sp³-hybridized carbons (Fsp3) is 0.647. The number of rotatable bonds is 4. The van der Waals surface area contributed by atoms with Gasteiger partial charge in [-0.25, -0.2) is 0 Å². The van der Waals surface area contributed by atoms with Gasteiger partial charge in [0.05, 0.1) is 13.2 Å². The number of benzene rings is 1. The molecule has 1 aliphatic rings. The molecular weight excluding hydrogens is 250 g/mol. The van der Waals surface area contributed by atoms with Gasteiger partial charge in [0, 0.05) is 24.6 Å². The zero-order valence-corrected chi connectivity index (χ0v) is 13.1. The van der Waals surface area contributed by atoms with Crippen molar-refractivity contribution in [2.75, 3.05) is 20.3 Å². The van der Waals surface area contributed by atoms with E-state index in [-0.39, 0.29) is 11.6 Å². The molecule has 0 bridgehead atoms. The minimum Gasteiger partial charge on any atom is -0.497 e. The highest BCUT2D eigenvalue weighted by molar-refractivity contribution is 5.30. The molecule has 0 amide bonds. The van der Waals surface area contributed by atoms with Crippen LogP contribution in [0.3, 0.4) is 0 Å². The molecule has 2 atom stereocenters. The first-order valence-electron chi connectivity index (χ1n) is 7.50. The van der Waals surface area contributed by atoms with E-state index in [4.69, 9.17) is 9.47 Å². The molecule has 1 aromatic rings. The van der Waals surface area contributed by atoms with Crippen LogP contribution < -0.4 is 10.1 Å². The van der Waals surface area contributed by atoms with Crippen LogP contribution in [0.25, 0.3) is 0 Å². The number of methoxy groups -OCH3 is 1. The standard InChI is InChI=1S/C17H27NO2/c1-17(2,3)18-12-14-8-6-10-20-16(14)13-7-5-9-15(11-13)19-4/h5,7,9,11,14,16,18H,6,8,10,12H2,1-4H3. The second-order valence-electron chi connectivity index (χ2n) is 6.60. The van der Waals surface area contributed by atoms with E-state index in [2.05, 4.69) is 38.2 Å². The molecule has 20 heavy (non-hydrogen) atoms. The molecule has 1 N–H and O–H groups in total. The van der Waals surface area contributed by atoms with Crippen molar-refractivity contribution < 1.29 is 9.47 Å². The zero-order valence-electron chi connectivity index (χ0n) is 13.1. The van der Waals surface area contributed by atoms with E-state index >= 15 is 0 Å². The normalized spacial score (nSPS) is 23.6. The van der Waals surface area contributed by atoms with Gasteiger partial charge in [-0.3, -0.25) is 0 Å². The molecule has 3 nitrogen and oxygen atoms in total. The summed E-state index contributed by atoms with van der Waals surface area (Å²) in [5, 5.41) is 3.61. The molecule has 0 saturated carbocycles. The molecule has 2 unspecified atom stereocenters. The van der Waals surface area contributed by atoms with Gasteiger partial charge in [-0.2, -0.15) is 0 Å². The first-order valence-corrected chi connectivity index (χ1v) is 7.50. The Morgan fingerprint density at radius 3 is 2.85 bits per heavy atom. The third-order valence-corrected chi connectivity index (χ3v) is 3.76. The van der Waals surface area contributed by atoms with Gasteiger partial charge in [0.2, 0.25) is 0 Å². The Bertz CT molecular complexity index is 425. The van der Waals surface area contributed by atoms with Gasteiger partial charge in [-0.15, -0.1) is 0 Å². The van der Waals surface area contributed by atoms with Crippen molar-refractivity contribution in [2.45, 2.75) is 45.3 Å². The monoisotopic (exact) mass is 277 g/mol. The minimum atomic E-state index is 0.149. The van der Waals surface area contributed by atoms with Gasteiger partial charge < -0.3 is 14.8 Å². The third kappa shape index (κ3) is 4.22. The van der Waals surface area contributed by atoms with Crippen LogP contribution in [0.1, 0.15) is 45.3 Å². The van der Waals surface area contributed by atoms with Gasteiger partial charge in [0.1, 0.15) is 5.75 Å². The van der Waals surface area contributed by atoms with Crippen LogP contribution in [0.5, 0.6) is 5.75 Å². The molecule has 0 spiro atoms. The highest BCUT2D eigenvalue weighted by Gasteiger charge is 2.28. The quantitative estimate of drug-likeness (QED) is 0.913. The summed E-state index contributed by atoms with van der Waals surface area (Å²) in [6.07, 6.45) is 2.54. The Morgan fingerprint density at radius 2 is 2.15 bits per heavy atom. The fourth-order valence-corrected chi connectivity index (χ4v) is 2.68. The molecule has 1 aliphatic heterocycles. The Labute approximate surface area is 122 Å². The van der Waals surface area contributed by atoms with Gasteiger partial charge in [-0.05, 0) is 51.3 Å². The highest BCUT2D eigenvalue weighted by Crippen LogP contribution is 2.34. The Hall–Kier alpha value is -1.06. The van der Waals surface area contributed by atoms with Crippen molar-refractivity contribution >= 4 is 0 Å². The summed E-state index contributed by atoms with van der Waals surface area (Å²) in [5.74, 6) is 1.43. The summed E-state index contributed by atoms with van der Waals surface area (Å²) in [6.45, 7) is 8.46. The third-order valence-electron chi connectivity index (χ3n) is 3.76. The summed E-state index contributed by atoms with van der Waals surface area (Å²) in [7, 11) is 1.71. The van der Waals surface area contributed by atoms with Crippen LogP contribution in [0, 0.1) is 5.92 Å². The van der Waals surface area contributed by atoms with Crippen LogP contribution in [-0.4, -0.2) is 25.8 Å². The van der Waals surface area contributed by atoms with Gasteiger partial charge in [0.15, 0.2) is 0 Å². The largest absolute Gasteiger partial charge is 0.497 e. The second kappa shape index (κ2) is 6.59. The van der Waals surface area contributed by atoms with E-state index < -0.39 is 0 Å². The summed E-state index contributed by atoms with van der Waals surface area (Å²) < 4.78 is 11.4. The lowest BCUT2D eigenvalue weighted by Gasteiger charge is -2.34. The number of hydrogen-bond donors (Lipinski definition) is 1. The Kier molecular flexibility index (Phi) is 5.06. The Balaban J connectivity index is 2.09. The summed E-state index contributed by atoms with van der Waals surface area (Å²) in [5.41, 5.74) is 1.38. The highest BCUT2D eigenvalue weighted by atomic mass is 16.5. The molecule has 0 aliphatic carbocycles. The predicted molar refractivity (Wildman–Crippen MR) is 82.2 cm³/mol. The molecule has 112 valence electrons. The topological polar surface area (TPSA) is 30.5 Å². The van der Waals surface area contributed by atoms with Crippen molar-refractivity contribution in [2.24, 2.45) is 5.92 Å². The summed E-state index contributed by atoms with van der Waals surface area (Å²) >= 11 is 0. The van der Waals surface area contributed by atoms with E-state index in [1.807, 2.05) is 12.1 Å². The second-order valence-corrected chi connectivity index (χ2v) is 6.60. The number of ether oxygens (including phenoxy) is 2. The maximum atomic E-state index is 6.05. The maximum Gasteiger partial charge on any atom is 0.119 e. The maximum absolute atomic E-state index is 6.05. The average molecular weight is 277 g/mol. The predicted octanol–water partition coefficient (Wildman–Crippen LogP) is 3.55. The first kappa shape index (κ1) is 15.3. The van der Waals surface area contributed by atoms with Gasteiger partial charge in [-0.1, -0.05) is 12.1 Å². The molecule has 1 heterocycles. The van der Waals surface area contributed by atoms with E-state index in [9.17, 15) is 0 Å². The summed E-state index contributed by atoms with van der Waals surface area (Å²) in [4.78, 5) is 0. The van der Waals surface area contributed by atoms with Crippen LogP contribution in [0.4, 0.5) is 0 Å². The lowest BCUT2D eigenvalue weighted by molar-refractivity contribution is -0.0293. The van der Waals surface area contributed by atoms with Crippen molar-refractivity contribution in [3.05, 3.63) is 29.8 Å². The molecule has 0 aromatic heterocycles. The molecule has 0 radical (unpaired) electrons. The number of nitrogens with one attached hydrogen (secondary N) is 1. The molecular formula is C17H27NO2. The SMILES string of the molecule is COc1cccc(C2OCCCC2CNC(C)(C)C)c1. The van der Waals surface area contributed by atoms with Crippen molar-refractivity contribution in [1.29, 1.82) is 0 Å². The average Bonchev–Trinajstić information content (AvgIpc) is 2.45. The molecule has 1 fully saturated rings. The van der Waals surface area contributed by atoms with Crippen LogP contribution in [0.15, 0.2) is 24.3 Å². The fourth-order valence-electron chi connectivity index (χ4n) is 2.68. The first-order chi connectivity index (χ1) is 9.49. The summed E-state index contributed by atoms with van der Waals surface area (Å²) in [6, 6.07) is 8.26. The lowest BCUT2D eigenvalue weighted by atomic mass is 9.88. The Morgan fingerprint density at radius 1 is 1.35 bits per heavy atom. The van der Waals surface area contributed by atoms with Gasteiger partial charge in [0.25, 0.3) is 0 Å². The van der Waals surface area contributed by atoms with Crippen molar-refractivity contribution in [3.63, 3.8) is 0 Å². The van der Waals surface area contributed by atoms with E-state index in [1.165, 1.54) is 12.0 Å². The molecule has 3 heteroatoms. The van der Waals surface area contributed by atoms with Crippen LogP contribution >= 0.6 is 0 Å². The molecule has 2 rings (SSSR count). The molecule has 1 aromatic carbocycles. The van der Waals surface area contributed by atoms with E-state index in [1.54, 1.807) is 7.11 Å².